The Bertz CT molecular complexity index is 1170. The van der Waals surface area contributed by atoms with Gasteiger partial charge < -0.3 is 5.73 Å². The minimum atomic E-state index is -3.94. The summed E-state index contributed by atoms with van der Waals surface area (Å²) in [5, 5.41) is 12.1. The Balaban J connectivity index is 2.24. The second-order valence-electron chi connectivity index (χ2n) is 6.51. The van der Waals surface area contributed by atoms with E-state index in [0.29, 0.717) is 23.1 Å². The molecule has 0 spiro atoms. The van der Waals surface area contributed by atoms with Crippen LogP contribution in [0.15, 0.2) is 64.7 Å². The molecule has 0 aliphatic carbocycles. The quantitative estimate of drug-likeness (QED) is 0.312. The zero-order valence-electron chi connectivity index (χ0n) is 15.9. The fraction of sp³-hybridized carbons (Fsp3) is 0.200. The lowest BCUT2D eigenvalue weighted by Crippen LogP contribution is -2.27. The first-order chi connectivity index (χ1) is 13.8. The molecule has 0 unspecified atom stereocenters. The van der Waals surface area contributed by atoms with E-state index in [-0.39, 0.29) is 16.4 Å². The molecule has 0 saturated carbocycles. The molecule has 1 heterocycles. The van der Waals surface area contributed by atoms with Gasteiger partial charge in [-0.1, -0.05) is 31.5 Å². The van der Waals surface area contributed by atoms with Crippen molar-refractivity contribution >= 4 is 32.6 Å². The molecule has 0 fully saturated rings. The molecule has 2 aromatic carbocycles. The lowest BCUT2D eigenvalue weighted by molar-refractivity contribution is 0.589. The van der Waals surface area contributed by atoms with Crippen molar-refractivity contribution in [2.24, 2.45) is 10.8 Å². The van der Waals surface area contributed by atoms with Crippen molar-refractivity contribution in [3.8, 4) is 0 Å². The van der Waals surface area contributed by atoms with E-state index in [2.05, 4.69) is 10.5 Å². The lowest BCUT2D eigenvalue weighted by Gasteiger charge is -2.07. The molecule has 7 nitrogen and oxygen atoms in total. The SMILES string of the molecule is CCCCC(=NNC(=N)N)c1cn(S(=O)(=O)c2ccccc2)c2cc(F)ccc12. The van der Waals surface area contributed by atoms with E-state index in [4.69, 9.17) is 11.1 Å². The second kappa shape index (κ2) is 8.44. The Morgan fingerprint density at radius 3 is 2.62 bits per heavy atom. The van der Waals surface area contributed by atoms with Gasteiger partial charge in [-0.3, -0.25) is 5.41 Å². The number of benzene rings is 2. The predicted octanol–water partition coefficient (Wildman–Crippen LogP) is 3.39. The van der Waals surface area contributed by atoms with Gasteiger partial charge >= 0.3 is 0 Å². The Labute approximate surface area is 168 Å². The number of halogens is 1. The third-order valence-corrected chi connectivity index (χ3v) is 6.11. The topological polar surface area (TPSA) is 113 Å². The first kappa shape index (κ1) is 20.5. The number of nitrogens with zero attached hydrogens (tertiary/aromatic N) is 2. The summed E-state index contributed by atoms with van der Waals surface area (Å²) in [5.74, 6) is -0.869. The van der Waals surface area contributed by atoms with E-state index in [1.165, 1.54) is 36.5 Å². The third-order valence-electron chi connectivity index (χ3n) is 4.42. The summed E-state index contributed by atoms with van der Waals surface area (Å²) in [6, 6.07) is 12.0. The fourth-order valence-corrected chi connectivity index (χ4v) is 4.41. The van der Waals surface area contributed by atoms with Crippen molar-refractivity contribution in [3.05, 3.63) is 66.1 Å². The van der Waals surface area contributed by atoms with Crippen molar-refractivity contribution in [1.82, 2.24) is 9.40 Å². The number of fused-ring (bicyclic) bond motifs is 1. The first-order valence-electron chi connectivity index (χ1n) is 9.12. The summed E-state index contributed by atoms with van der Waals surface area (Å²) in [6.45, 7) is 2.02. The van der Waals surface area contributed by atoms with Crippen LogP contribution in [0.2, 0.25) is 0 Å². The van der Waals surface area contributed by atoms with E-state index in [1.54, 1.807) is 18.2 Å². The molecule has 0 aliphatic heterocycles. The highest BCUT2D eigenvalue weighted by atomic mass is 32.2. The van der Waals surface area contributed by atoms with Crippen molar-refractivity contribution in [2.45, 2.75) is 31.1 Å². The van der Waals surface area contributed by atoms with Gasteiger partial charge in [0.2, 0.25) is 5.96 Å². The molecule has 0 bridgehead atoms. The molecule has 4 N–H and O–H groups in total. The van der Waals surface area contributed by atoms with Crippen LogP contribution >= 0.6 is 0 Å². The van der Waals surface area contributed by atoms with Crippen LogP contribution in [0.4, 0.5) is 4.39 Å². The van der Waals surface area contributed by atoms with Gasteiger partial charge in [0.25, 0.3) is 10.0 Å². The fourth-order valence-electron chi connectivity index (χ4n) is 3.03. The highest BCUT2D eigenvalue weighted by Gasteiger charge is 2.23. The summed E-state index contributed by atoms with van der Waals surface area (Å²) in [7, 11) is -3.94. The lowest BCUT2D eigenvalue weighted by atomic mass is 10.0. The summed E-state index contributed by atoms with van der Waals surface area (Å²) in [5.41, 5.74) is 9.07. The van der Waals surface area contributed by atoms with Crippen molar-refractivity contribution in [2.75, 3.05) is 0 Å². The number of hydrogen-bond donors (Lipinski definition) is 3. The molecule has 9 heteroatoms. The third kappa shape index (κ3) is 4.29. The molecule has 3 rings (SSSR count). The van der Waals surface area contributed by atoms with E-state index in [1.807, 2.05) is 6.92 Å². The number of rotatable bonds is 7. The van der Waals surface area contributed by atoms with Gasteiger partial charge in [-0.05, 0) is 43.2 Å². The highest BCUT2D eigenvalue weighted by Crippen LogP contribution is 2.28. The van der Waals surface area contributed by atoms with Crippen LogP contribution in [-0.4, -0.2) is 24.1 Å². The molecule has 1 aromatic heterocycles. The molecular weight excluding hydrogens is 393 g/mol. The summed E-state index contributed by atoms with van der Waals surface area (Å²) in [6.07, 6.45) is 3.69. The maximum Gasteiger partial charge on any atom is 0.268 e. The van der Waals surface area contributed by atoms with Crippen LogP contribution in [0.1, 0.15) is 31.7 Å². The van der Waals surface area contributed by atoms with E-state index < -0.39 is 15.8 Å². The highest BCUT2D eigenvalue weighted by molar-refractivity contribution is 7.90. The van der Waals surface area contributed by atoms with Gasteiger partial charge in [-0.25, -0.2) is 22.2 Å². The van der Waals surface area contributed by atoms with Crippen LogP contribution in [-0.2, 0) is 10.0 Å². The standard InChI is InChI=1S/C20H22FN5O2S/c1-2-3-9-18(24-25-20(22)23)17-13-26(19-12-14(21)10-11-16(17)19)29(27,28)15-7-5-4-6-8-15/h4-8,10-13H,2-3,9H2,1H3,(H4,22,23,25). The normalized spacial score (nSPS) is 12.3. The minimum absolute atomic E-state index is 0.0987. The molecule has 3 aromatic rings. The number of nitrogens with one attached hydrogen (secondary N) is 2. The first-order valence-corrected chi connectivity index (χ1v) is 10.6. The van der Waals surface area contributed by atoms with Gasteiger partial charge in [0, 0.05) is 17.1 Å². The van der Waals surface area contributed by atoms with E-state index >= 15 is 0 Å². The molecular formula is C20H22FN5O2S. The Kier molecular flexibility index (Phi) is 5.97. The van der Waals surface area contributed by atoms with E-state index in [9.17, 15) is 12.8 Å². The average molecular weight is 415 g/mol. The smallest absolute Gasteiger partial charge is 0.268 e. The number of hydrazone groups is 1. The minimum Gasteiger partial charge on any atom is -0.369 e. The van der Waals surface area contributed by atoms with Crippen molar-refractivity contribution in [1.29, 1.82) is 5.41 Å². The number of hydrogen-bond acceptors (Lipinski definition) is 4. The van der Waals surface area contributed by atoms with E-state index in [0.717, 1.165) is 16.8 Å². The molecule has 0 amide bonds. The molecule has 0 atom stereocenters. The summed E-state index contributed by atoms with van der Waals surface area (Å²) < 4.78 is 41.5. The zero-order valence-corrected chi connectivity index (χ0v) is 16.7. The predicted molar refractivity (Wildman–Crippen MR) is 112 cm³/mol. The van der Waals surface area contributed by atoms with Crippen LogP contribution in [0.5, 0.6) is 0 Å². The number of aromatic nitrogens is 1. The maximum absolute atomic E-state index is 14.0. The van der Waals surface area contributed by atoms with Gasteiger partial charge in [0.05, 0.1) is 16.1 Å². The largest absolute Gasteiger partial charge is 0.369 e. The Morgan fingerprint density at radius 2 is 1.97 bits per heavy atom. The molecule has 0 aliphatic rings. The van der Waals surface area contributed by atoms with Gasteiger partial charge in [0.1, 0.15) is 5.82 Å². The number of unbranched alkanes of at least 4 members (excludes halogenated alkanes) is 1. The van der Waals surface area contributed by atoms with Crippen LogP contribution in [0.3, 0.4) is 0 Å². The molecule has 29 heavy (non-hydrogen) atoms. The van der Waals surface area contributed by atoms with Crippen LogP contribution in [0, 0.1) is 11.2 Å². The van der Waals surface area contributed by atoms with Crippen LogP contribution in [0.25, 0.3) is 10.9 Å². The Morgan fingerprint density at radius 1 is 1.24 bits per heavy atom. The maximum atomic E-state index is 14.0. The second-order valence-corrected chi connectivity index (χ2v) is 8.32. The molecule has 152 valence electrons. The zero-order chi connectivity index (χ0) is 21.0. The number of guanidine groups is 1. The molecule has 0 radical (unpaired) electrons. The van der Waals surface area contributed by atoms with Crippen LogP contribution < -0.4 is 11.2 Å². The van der Waals surface area contributed by atoms with Gasteiger partial charge in [0.15, 0.2) is 0 Å². The number of nitrogens with two attached hydrogens (primary N) is 1. The van der Waals surface area contributed by atoms with Crippen molar-refractivity contribution in [3.63, 3.8) is 0 Å². The summed E-state index contributed by atoms with van der Waals surface area (Å²) in [4.78, 5) is 0.0987. The monoisotopic (exact) mass is 415 g/mol. The van der Waals surface area contributed by atoms with Gasteiger partial charge in [-0.2, -0.15) is 5.10 Å². The average Bonchev–Trinajstić information content (AvgIpc) is 3.08. The van der Waals surface area contributed by atoms with Crippen molar-refractivity contribution < 1.29 is 12.8 Å². The Hall–Kier alpha value is -3.20. The van der Waals surface area contributed by atoms with Gasteiger partial charge in [-0.15, -0.1) is 0 Å². The summed E-state index contributed by atoms with van der Waals surface area (Å²) >= 11 is 0. The molecule has 0 saturated heterocycles.